The van der Waals surface area contributed by atoms with Gasteiger partial charge in [-0.15, -0.1) is 0 Å². The lowest BCUT2D eigenvalue weighted by Crippen LogP contribution is -2.22. The molecule has 0 aliphatic carbocycles. The summed E-state index contributed by atoms with van der Waals surface area (Å²) >= 11 is 0. The van der Waals surface area contributed by atoms with Gasteiger partial charge in [0.2, 0.25) is 12.2 Å². The molecule has 1 unspecified atom stereocenters. The van der Waals surface area contributed by atoms with Gasteiger partial charge in [0.15, 0.2) is 23.0 Å². The normalized spacial score (nSPS) is 15.9. The average Bonchev–Trinajstić information content (AvgIpc) is 3.35. The van der Waals surface area contributed by atoms with Gasteiger partial charge in [-0.3, -0.25) is 9.59 Å². The molecule has 182 valence electrons. The minimum Gasteiger partial charge on any atom is -0.507 e. The molecule has 6 rings (SSSR count). The van der Waals surface area contributed by atoms with E-state index in [-0.39, 0.29) is 41.2 Å². The topological polar surface area (TPSA) is 114 Å². The maximum atomic E-state index is 13.6. The molecule has 1 N–H and O–H groups in total. The van der Waals surface area contributed by atoms with E-state index in [4.69, 9.17) is 28.1 Å². The molecule has 0 amide bonds. The number of carbonyl (C=O) groups excluding carboxylic acids is 1. The molecule has 9 heteroatoms. The SMILES string of the molecule is COc1ccc(-c2coc3c4c(cc(O)c3c2=O)OC(=O)CC4c2ccc3c(c2)OCO3)cc1OC. The first-order valence-electron chi connectivity index (χ1n) is 11.1. The summed E-state index contributed by atoms with van der Waals surface area (Å²) < 4.78 is 32.9. The summed E-state index contributed by atoms with van der Waals surface area (Å²) in [5.41, 5.74) is 1.72. The number of benzene rings is 3. The minimum atomic E-state index is -0.492. The Kier molecular flexibility index (Phi) is 4.99. The van der Waals surface area contributed by atoms with Gasteiger partial charge in [-0.25, -0.2) is 0 Å². The zero-order valence-corrected chi connectivity index (χ0v) is 19.3. The van der Waals surface area contributed by atoms with Crippen molar-refractivity contribution in [2.75, 3.05) is 21.0 Å². The number of carbonyl (C=O) groups is 1. The summed E-state index contributed by atoms with van der Waals surface area (Å²) in [7, 11) is 3.02. The first-order valence-corrected chi connectivity index (χ1v) is 11.1. The van der Waals surface area contributed by atoms with E-state index in [0.29, 0.717) is 34.1 Å². The molecule has 36 heavy (non-hydrogen) atoms. The Hall–Kier alpha value is -4.66. The highest BCUT2D eigenvalue weighted by atomic mass is 16.7. The summed E-state index contributed by atoms with van der Waals surface area (Å²) in [4.78, 5) is 26.0. The molecule has 0 saturated heterocycles. The fourth-order valence-electron chi connectivity index (χ4n) is 4.75. The number of fused-ring (bicyclic) bond motifs is 4. The number of aromatic hydroxyl groups is 1. The highest BCUT2D eigenvalue weighted by Crippen LogP contribution is 2.47. The molecule has 0 spiro atoms. The number of phenolic OH excluding ortho intramolecular Hbond substituents is 1. The Morgan fingerprint density at radius 1 is 0.917 bits per heavy atom. The van der Waals surface area contributed by atoms with Crippen LogP contribution in [0.1, 0.15) is 23.5 Å². The Bertz CT molecular complexity index is 1600. The van der Waals surface area contributed by atoms with Crippen molar-refractivity contribution >= 4 is 16.9 Å². The largest absolute Gasteiger partial charge is 0.507 e. The summed E-state index contributed by atoms with van der Waals surface area (Å²) in [6.07, 6.45) is 1.35. The molecule has 9 nitrogen and oxygen atoms in total. The van der Waals surface area contributed by atoms with Crippen molar-refractivity contribution in [3.05, 3.63) is 70.1 Å². The van der Waals surface area contributed by atoms with Crippen LogP contribution in [0.15, 0.2) is 57.9 Å². The van der Waals surface area contributed by atoms with E-state index in [0.717, 1.165) is 5.56 Å². The van der Waals surface area contributed by atoms with Crippen LogP contribution in [0.25, 0.3) is 22.1 Å². The summed E-state index contributed by atoms with van der Waals surface area (Å²) in [5.74, 6) is 0.963. The van der Waals surface area contributed by atoms with Gasteiger partial charge in [0, 0.05) is 17.5 Å². The minimum absolute atomic E-state index is 0.00951. The van der Waals surface area contributed by atoms with Gasteiger partial charge in [0.1, 0.15) is 28.7 Å². The number of phenols is 1. The van der Waals surface area contributed by atoms with E-state index in [1.54, 1.807) is 30.3 Å². The second-order valence-electron chi connectivity index (χ2n) is 8.40. The van der Waals surface area contributed by atoms with Gasteiger partial charge in [-0.1, -0.05) is 12.1 Å². The molecule has 0 fully saturated rings. The van der Waals surface area contributed by atoms with Crippen molar-refractivity contribution < 1.29 is 38.0 Å². The van der Waals surface area contributed by atoms with Crippen LogP contribution < -0.4 is 29.1 Å². The zero-order valence-electron chi connectivity index (χ0n) is 19.3. The van der Waals surface area contributed by atoms with E-state index >= 15 is 0 Å². The fraction of sp³-hybridized carbons (Fsp3) is 0.185. The van der Waals surface area contributed by atoms with Crippen LogP contribution >= 0.6 is 0 Å². The van der Waals surface area contributed by atoms with Gasteiger partial charge < -0.3 is 33.2 Å². The molecule has 0 bridgehead atoms. The third-order valence-electron chi connectivity index (χ3n) is 6.46. The highest BCUT2D eigenvalue weighted by molar-refractivity contribution is 5.94. The summed E-state index contributed by atoms with van der Waals surface area (Å²) in [5, 5.41) is 10.8. The van der Waals surface area contributed by atoms with Crippen LogP contribution in [-0.2, 0) is 4.79 Å². The second-order valence-corrected chi connectivity index (χ2v) is 8.40. The first kappa shape index (κ1) is 21.8. The monoisotopic (exact) mass is 488 g/mol. The number of hydrogen-bond acceptors (Lipinski definition) is 9. The lowest BCUT2D eigenvalue weighted by atomic mass is 9.84. The summed E-state index contributed by atoms with van der Waals surface area (Å²) in [6, 6.07) is 11.7. The van der Waals surface area contributed by atoms with Gasteiger partial charge in [0.05, 0.1) is 26.2 Å². The van der Waals surface area contributed by atoms with E-state index in [1.165, 1.54) is 26.5 Å². The number of rotatable bonds is 4. The lowest BCUT2D eigenvalue weighted by Gasteiger charge is -2.26. The Morgan fingerprint density at radius 3 is 2.53 bits per heavy atom. The predicted molar refractivity (Wildman–Crippen MR) is 127 cm³/mol. The molecule has 3 aromatic carbocycles. The van der Waals surface area contributed by atoms with Crippen molar-refractivity contribution in [1.82, 2.24) is 0 Å². The zero-order chi connectivity index (χ0) is 25.0. The molecular formula is C27H20O9. The maximum absolute atomic E-state index is 13.6. The molecule has 1 atom stereocenters. The fourth-order valence-corrected chi connectivity index (χ4v) is 4.75. The van der Waals surface area contributed by atoms with Gasteiger partial charge in [-0.2, -0.15) is 0 Å². The molecule has 2 aliphatic rings. The number of ether oxygens (including phenoxy) is 5. The average molecular weight is 488 g/mol. The van der Waals surface area contributed by atoms with Crippen LogP contribution in [0.4, 0.5) is 0 Å². The van der Waals surface area contributed by atoms with Gasteiger partial charge in [-0.05, 0) is 35.4 Å². The standard InChI is InChI=1S/C27H20O9/c1-31-18-5-3-14(7-20(18)32-2)16-11-33-27-24-15(13-4-6-19-21(8-13)35-12-34-19)9-23(29)36-22(24)10-17(28)25(27)26(16)30/h3-8,10-11,15,28H,9,12H2,1-2H3. The molecule has 0 saturated carbocycles. The number of methoxy groups -OCH3 is 2. The lowest BCUT2D eigenvalue weighted by molar-refractivity contribution is -0.135. The van der Waals surface area contributed by atoms with E-state index < -0.39 is 17.3 Å². The van der Waals surface area contributed by atoms with Crippen LogP contribution in [0, 0.1) is 0 Å². The van der Waals surface area contributed by atoms with Crippen LogP contribution in [-0.4, -0.2) is 32.1 Å². The Labute approximate surface area is 204 Å². The Balaban J connectivity index is 1.55. The third kappa shape index (κ3) is 3.31. The van der Waals surface area contributed by atoms with Gasteiger partial charge >= 0.3 is 5.97 Å². The van der Waals surface area contributed by atoms with Crippen molar-refractivity contribution in [3.63, 3.8) is 0 Å². The van der Waals surface area contributed by atoms with Crippen LogP contribution in [0.5, 0.6) is 34.5 Å². The molecule has 2 aliphatic heterocycles. The van der Waals surface area contributed by atoms with Crippen molar-refractivity contribution in [2.45, 2.75) is 12.3 Å². The quantitative estimate of drug-likeness (QED) is 0.331. The van der Waals surface area contributed by atoms with Gasteiger partial charge in [0.25, 0.3) is 0 Å². The number of esters is 1. The molecule has 1 aromatic heterocycles. The molecule has 3 heterocycles. The highest BCUT2D eigenvalue weighted by Gasteiger charge is 2.34. The molecule has 4 aromatic rings. The molecule has 0 radical (unpaired) electrons. The Morgan fingerprint density at radius 2 is 1.72 bits per heavy atom. The van der Waals surface area contributed by atoms with E-state index in [9.17, 15) is 14.7 Å². The smallest absolute Gasteiger partial charge is 0.312 e. The van der Waals surface area contributed by atoms with Crippen molar-refractivity contribution in [3.8, 4) is 45.6 Å². The van der Waals surface area contributed by atoms with E-state index in [1.807, 2.05) is 6.07 Å². The van der Waals surface area contributed by atoms with Crippen molar-refractivity contribution in [2.24, 2.45) is 0 Å². The van der Waals surface area contributed by atoms with Crippen LogP contribution in [0.3, 0.4) is 0 Å². The maximum Gasteiger partial charge on any atom is 0.312 e. The van der Waals surface area contributed by atoms with Crippen molar-refractivity contribution in [1.29, 1.82) is 0 Å². The van der Waals surface area contributed by atoms with E-state index in [2.05, 4.69) is 0 Å². The molecular weight excluding hydrogens is 468 g/mol. The third-order valence-corrected chi connectivity index (χ3v) is 6.46. The van der Waals surface area contributed by atoms with Crippen LogP contribution in [0.2, 0.25) is 0 Å². The second kappa shape index (κ2) is 8.23. The predicted octanol–water partition coefficient (Wildman–Crippen LogP) is 4.35. The summed E-state index contributed by atoms with van der Waals surface area (Å²) in [6.45, 7) is 0.118. The first-order chi connectivity index (χ1) is 17.5. The number of hydrogen-bond donors (Lipinski definition) is 1.